The number of aliphatic hydroxyl groups is 1. The van der Waals surface area contributed by atoms with Crippen molar-refractivity contribution in [3.63, 3.8) is 0 Å². The van der Waals surface area contributed by atoms with Crippen LogP contribution in [0.4, 0.5) is 4.79 Å². The summed E-state index contributed by atoms with van der Waals surface area (Å²) in [6, 6.07) is -0.386. The van der Waals surface area contributed by atoms with Crippen LogP contribution in [0.5, 0.6) is 0 Å². The number of alkyl carbamates (subject to hydrolysis) is 1. The molecule has 2 unspecified atom stereocenters. The zero-order chi connectivity index (χ0) is 27.9. The van der Waals surface area contributed by atoms with E-state index < -0.39 is 17.9 Å². The molecule has 10 heteroatoms. The molecule has 1 saturated heterocycles. The molecule has 36 heavy (non-hydrogen) atoms. The molecule has 0 bridgehead atoms. The van der Waals surface area contributed by atoms with Crippen LogP contribution in [0.1, 0.15) is 67.7 Å². The van der Waals surface area contributed by atoms with Crippen LogP contribution in [0.2, 0.25) is 0 Å². The number of amides is 4. The fourth-order valence-corrected chi connectivity index (χ4v) is 2.48. The number of carbonyl (C=O) groups is 4. The van der Waals surface area contributed by atoms with E-state index in [2.05, 4.69) is 35.1 Å². The maximum Gasteiger partial charge on any atom is 0.407 e. The Morgan fingerprint density at radius 2 is 1.72 bits per heavy atom. The van der Waals surface area contributed by atoms with Gasteiger partial charge in [-0.25, -0.2) is 4.79 Å². The second-order valence-corrected chi connectivity index (χ2v) is 8.82. The Balaban J connectivity index is 0. The Morgan fingerprint density at radius 1 is 1.11 bits per heavy atom. The predicted molar refractivity (Wildman–Crippen MR) is 142 cm³/mol. The van der Waals surface area contributed by atoms with Gasteiger partial charge in [-0.3, -0.25) is 14.4 Å². The van der Waals surface area contributed by atoms with E-state index in [1.54, 1.807) is 6.92 Å². The SMILES string of the molecule is C/C=C\C(=C/C(C)C)COC(=O)NCC(=O)NCC(=O)NC(C)CO.CC1CCNC1=O.CCCC. The lowest BCUT2D eigenvalue weighted by atomic mass is 10.1. The molecular weight excluding hydrogens is 464 g/mol. The molecule has 0 spiro atoms. The second-order valence-electron chi connectivity index (χ2n) is 8.82. The number of unbranched alkanes of at least 4 members (excludes halogenated alkanes) is 1. The van der Waals surface area contributed by atoms with E-state index in [0.29, 0.717) is 5.92 Å². The quantitative estimate of drug-likeness (QED) is 0.269. The maximum absolute atomic E-state index is 11.6. The molecule has 1 fully saturated rings. The molecule has 0 aromatic carbocycles. The number of hydrogen-bond donors (Lipinski definition) is 5. The highest BCUT2D eigenvalue weighted by atomic mass is 16.5. The molecule has 0 aliphatic carbocycles. The topological polar surface area (TPSA) is 146 Å². The number of rotatable bonds is 11. The number of nitrogens with one attached hydrogen (secondary N) is 4. The molecule has 0 aromatic heterocycles. The van der Waals surface area contributed by atoms with Crippen molar-refractivity contribution in [2.45, 2.75) is 73.8 Å². The van der Waals surface area contributed by atoms with Gasteiger partial charge in [0.15, 0.2) is 0 Å². The van der Waals surface area contributed by atoms with Crippen LogP contribution in [0.25, 0.3) is 0 Å². The van der Waals surface area contributed by atoms with Gasteiger partial charge in [0, 0.05) is 18.5 Å². The minimum Gasteiger partial charge on any atom is -0.445 e. The largest absolute Gasteiger partial charge is 0.445 e. The van der Waals surface area contributed by atoms with Crippen LogP contribution >= 0.6 is 0 Å². The van der Waals surface area contributed by atoms with Gasteiger partial charge in [-0.2, -0.15) is 0 Å². The summed E-state index contributed by atoms with van der Waals surface area (Å²) in [6.45, 7) is 14.1. The molecule has 0 saturated carbocycles. The third kappa shape index (κ3) is 21.6. The fraction of sp³-hybridized carbons (Fsp3) is 0.692. The summed E-state index contributed by atoms with van der Waals surface area (Å²) < 4.78 is 5.04. The van der Waals surface area contributed by atoms with E-state index in [-0.39, 0.29) is 44.2 Å². The summed E-state index contributed by atoms with van der Waals surface area (Å²) in [5, 5.41) is 18.7. The average molecular weight is 513 g/mol. The number of allylic oxidation sites excluding steroid dienone is 2. The molecule has 1 aliphatic rings. The van der Waals surface area contributed by atoms with Crippen molar-refractivity contribution in [1.29, 1.82) is 0 Å². The molecule has 0 radical (unpaired) electrons. The van der Waals surface area contributed by atoms with E-state index >= 15 is 0 Å². The highest BCUT2D eigenvalue weighted by Crippen LogP contribution is 2.06. The molecular formula is C26H48N4O6. The first kappa shape index (κ1) is 35.3. The second kappa shape index (κ2) is 22.6. The number of hydrogen-bond acceptors (Lipinski definition) is 6. The third-order valence-electron chi connectivity index (χ3n) is 4.64. The first-order valence-electron chi connectivity index (χ1n) is 12.7. The van der Waals surface area contributed by atoms with Crippen molar-refractivity contribution in [3.8, 4) is 0 Å². The van der Waals surface area contributed by atoms with Crippen molar-refractivity contribution in [3.05, 3.63) is 23.8 Å². The van der Waals surface area contributed by atoms with Crippen molar-refractivity contribution in [2.24, 2.45) is 11.8 Å². The smallest absolute Gasteiger partial charge is 0.407 e. The number of ether oxygens (including phenoxy) is 1. The summed E-state index contributed by atoms with van der Waals surface area (Å²) in [5.41, 5.74) is 0.867. The lowest BCUT2D eigenvalue weighted by Gasteiger charge is -2.11. The molecule has 1 rings (SSSR count). The maximum atomic E-state index is 11.6. The normalized spacial score (nSPS) is 15.6. The van der Waals surface area contributed by atoms with Gasteiger partial charge in [0.2, 0.25) is 17.7 Å². The summed E-state index contributed by atoms with van der Waals surface area (Å²) in [5.74, 6) is -0.147. The van der Waals surface area contributed by atoms with Crippen molar-refractivity contribution in [2.75, 3.05) is 32.8 Å². The Bertz CT molecular complexity index is 705. The summed E-state index contributed by atoms with van der Waals surface area (Å²) in [6.07, 6.45) is 8.62. The Morgan fingerprint density at radius 3 is 2.14 bits per heavy atom. The molecule has 0 aromatic rings. The van der Waals surface area contributed by atoms with E-state index in [0.717, 1.165) is 18.5 Å². The Hall–Kier alpha value is -2.88. The monoisotopic (exact) mass is 512 g/mol. The van der Waals surface area contributed by atoms with Gasteiger partial charge in [-0.1, -0.05) is 65.7 Å². The van der Waals surface area contributed by atoms with Crippen LogP contribution in [0.15, 0.2) is 23.8 Å². The first-order chi connectivity index (χ1) is 17.0. The van der Waals surface area contributed by atoms with Crippen LogP contribution in [-0.4, -0.2) is 67.8 Å². The van der Waals surface area contributed by atoms with Gasteiger partial charge in [-0.15, -0.1) is 0 Å². The van der Waals surface area contributed by atoms with E-state index in [4.69, 9.17) is 9.84 Å². The molecule has 208 valence electrons. The standard InChI is InChI=1S/C17H29N3O5.C5H9NO.C4H10/c1-5-6-14(7-12(2)3)11-25-17(24)19-8-15(22)18-9-16(23)20-13(4)10-21;1-4-2-3-6-5(4)7;1-3-4-2/h5-7,12-13,21H,8-11H2,1-4H3,(H,18,22)(H,19,24)(H,20,23);4H,2-3H2,1H3,(H,6,7);3-4H2,1-2H3/b6-5-,14-7+;;. The summed E-state index contributed by atoms with van der Waals surface area (Å²) in [7, 11) is 0. The molecule has 10 nitrogen and oxygen atoms in total. The predicted octanol–water partition coefficient (Wildman–Crippen LogP) is 2.43. The molecule has 1 aliphatic heterocycles. The third-order valence-corrected chi connectivity index (χ3v) is 4.64. The zero-order valence-electron chi connectivity index (χ0n) is 23.1. The number of carbonyl (C=O) groups excluding carboxylic acids is 4. The minimum atomic E-state index is -0.715. The van der Waals surface area contributed by atoms with Crippen molar-refractivity contribution in [1.82, 2.24) is 21.3 Å². The van der Waals surface area contributed by atoms with Crippen LogP contribution in [0.3, 0.4) is 0 Å². The van der Waals surface area contributed by atoms with Gasteiger partial charge < -0.3 is 31.1 Å². The Kier molecular flexibility index (Phi) is 22.1. The van der Waals surface area contributed by atoms with Gasteiger partial charge >= 0.3 is 6.09 Å². The molecule has 4 amide bonds. The molecule has 1 heterocycles. The minimum absolute atomic E-state index is 0.109. The van der Waals surface area contributed by atoms with Gasteiger partial charge in [0.05, 0.1) is 13.2 Å². The highest BCUT2D eigenvalue weighted by Gasteiger charge is 2.17. The average Bonchev–Trinajstić information content (AvgIpc) is 3.22. The first-order valence-corrected chi connectivity index (χ1v) is 12.7. The van der Waals surface area contributed by atoms with Gasteiger partial charge in [0.25, 0.3) is 0 Å². The van der Waals surface area contributed by atoms with Gasteiger partial charge in [0.1, 0.15) is 13.2 Å². The molecule has 2 atom stereocenters. The Labute approximate surface area is 216 Å². The van der Waals surface area contributed by atoms with Crippen molar-refractivity contribution >= 4 is 23.8 Å². The van der Waals surface area contributed by atoms with Crippen LogP contribution in [0, 0.1) is 11.8 Å². The highest BCUT2D eigenvalue weighted by molar-refractivity contribution is 5.87. The van der Waals surface area contributed by atoms with E-state index in [1.165, 1.54) is 12.8 Å². The van der Waals surface area contributed by atoms with Crippen LogP contribution < -0.4 is 21.3 Å². The fourth-order valence-electron chi connectivity index (χ4n) is 2.48. The number of aliphatic hydroxyl groups excluding tert-OH is 1. The molecule has 5 N–H and O–H groups in total. The summed E-state index contributed by atoms with van der Waals surface area (Å²) in [4.78, 5) is 45.0. The van der Waals surface area contributed by atoms with E-state index in [1.807, 2.05) is 45.9 Å². The lowest BCUT2D eigenvalue weighted by molar-refractivity contribution is -0.126. The van der Waals surface area contributed by atoms with Crippen LogP contribution in [-0.2, 0) is 19.1 Å². The zero-order valence-corrected chi connectivity index (χ0v) is 23.1. The summed E-state index contributed by atoms with van der Waals surface area (Å²) >= 11 is 0. The van der Waals surface area contributed by atoms with Gasteiger partial charge in [-0.05, 0) is 31.8 Å². The van der Waals surface area contributed by atoms with Crippen molar-refractivity contribution < 1.29 is 29.0 Å². The lowest BCUT2D eigenvalue weighted by Crippen LogP contribution is -2.44. The van der Waals surface area contributed by atoms with E-state index in [9.17, 15) is 19.2 Å².